The van der Waals surface area contributed by atoms with Gasteiger partial charge in [0.1, 0.15) is 6.33 Å². The van der Waals surface area contributed by atoms with Gasteiger partial charge in [-0.15, -0.1) is 0 Å². The van der Waals surface area contributed by atoms with E-state index in [9.17, 15) is 4.79 Å². The minimum atomic E-state index is 0.123. The lowest BCUT2D eigenvalue weighted by atomic mass is 9.99. The Bertz CT molecular complexity index is 676. The molecular formula is C20H26N2O. The summed E-state index contributed by atoms with van der Waals surface area (Å²) in [6.45, 7) is 0. The van der Waals surface area contributed by atoms with Crippen LogP contribution in [-0.4, -0.2) is 9.55 Å². The molecule has 0 fully saturated rings. The van der Waals surface area contributed by atoms with Crippen LogP contribution < -0.4 is 5.56 Å². The molecule has 1 heterocycles. The number of hydrogen-bond acceptors (Lipinski definition) is 2. The molecule has 0 bridgehead atoms. The van der Waals surface area contributed by atoms with Gasteiger partial charge < -0.3 is 0 Å². The van der Waals surface area contributed by atoms with Gasteiger partial charge in [-0.25, -0.2) is 4.98 Å². The molecule has 0 saturated carbocycles. The molecule has 0 amide bonds. The van der Waals surface area contributed by atoms with Crippen LogP contribution in [0, 0.1) is 0 Å². The van der Waals surface area contributed by atoms with Crippen molar-refractivity contribution in [3.8, 4) is 5.69 Å². The zero-order valence-electron chi connectivity index (χ0n) is 13.8. The van der Waals surface area contributed by atoms with Crippen LogP contribution in [0.3, 0.4) is 0 Å². The number of aromatic nitrogens is 2. The Morgan fingerprint density at radius 1 is 0.783 bits per heavy atom. The minimum absolute atomic E-state index is 0.123. The minimum Gasteiger partial charge on any atom is -0.269 e. The second kappa shape index (κ2) is 8.09. The summed E-state index contributed by atoms with van der Waals surface area (Å²) in [5.74, 6) is 0. The number of fused-ring (bicyclic) bond motifs is 1. The first-order chi connectivity index (χ1) is 11.4. The largest absolute Gasteiger partial charge is 0.269 e. The summed E-state index contributed by atoms with van der Waals surface area (Å²) in [6.07, 6.45) is 13.6. The van der Waals surface area contributed by atoms with Gasteiger partial charge in [-0.05, 0) is 37.8 Å². The van der Waals surface area contributed by atoms with Crippen LogP contribution in [0.2, 0.25) is 0 Å². The van der Waals surface area contributed by atoms with E-state index in [-0.39, 0.29) is 5.56 Å². The van der Waals surface area contributed by atoms with Gasteiger partial charge in [-0.2, -0.15) is 0 Å². The fraction of sp³-hybridized carbons (Fsp3) is 0.500. The Morgan fingerprint density at radius 3 is 2.09 bits per heavy atom. The molecule has 1 aromatic carbocycles. The van der Waals surface area contributed by atoms with E-state index in [0.717, 1.165) is 42.6 Å². The molecule has 122 valence electrons. The summed E-state index contributed by atoms with van der Waals surface area (Å²) in [7, 11) is 0. The maximum atomic E-state index is 13.0. The smallest absolute Gasteiger partial charge is 0.261 e. The third-order valence-electron chi connectivity index (χ3n) is 4.78. The van der Waals surface area contributed by atoms with Crippen molar-refractivity contribution in [3.05, 3.63) is 58.3 Å². The van der Waals surface area contributed by atoms with Crippen LogP contribution >= 0.6 is 0 Å². The predicted molar refractivity (Wildman–Crippen MR) is 94.2 cm³/mol. The summed E-state index contributed by atoms with van der Waals surface area (Å²) < 4.78 is 1.70. The molecule has 1 aromatic heterocycles. The highest BCUT2D eigenvalue weighted by atomic mass is 16.1. The molecule has 0 aliphatic heterocycles. The second-order valence-corrected chi connectivity index (χ2v) is 6.51. The van der Waals surface area contributed by atoms with E-state index in [1.165, 1.54) is 38.5 Å². The lowest BCUT2D eigenvalue weighted by Crippen LogP contribution is -2.25. The third-order valence-corrected chi connectivity index (χ3v) is 4.78. The molecule has 0 radical (unpaired) electrons. The van der Waals surface area contributed by atoms with Gasteiger partial charge in [0.05, 0.1) is 11.4 Å². The monoisotopic (exact) mass is 310 g/mol. The van der Waals surface area contributed by atoms with E-state index in [0.29, 0.717) is 0 Å². The molecule has 0 spiro atoms. The van der Waals surface area contributed by atoms with Crippen LogP contribution in [0.5, 0.6) is 0 Å². The van der Waals surface area contributed by atoms with Gasteiger partial charge >= 0.3 is 0 Å². The van der Waals surface area contributed by atoms with E-state index >= 15 is 0 Å². The lowest BCUT2D eigenvalue weighted by Gasteiger charge is -2.13. The van der Waals surface area contributed by atoms with Crippen molar-refractivity contribution in [2.75, 3.05) is 0 Å². The van der Waals surface area contributed by atoms with Crippen LogP contribution in [0.15, 0.2) is 41.5 Å². The average molecular weight is 310 g/mol. The van der Waals surface area contributed by atoms with E-state index in [1.807, 2.05) is 30.3 Å². The van der Waals surface area contributed by atoms with Gasteiger partial charge in [0.25, 0.3) is 5.56 Å². The van der Waals surface area contributed by atoms with Crippen LogP contribution in [0.4, 0.5) is 0 Å². The number of aryl methyl sites for hydroxylation is 1. The van der Waals surface area contributed by atoms with Crippen molar-refractivity contribution >= 4 is 0 Å². The van der Waals surface area contributed by atoms with E-state index in [2.05, 4.69) is 4.98 Å². The molecular weight excluding hydrogens is 284 g/mol. The average Bonchev–Trinajstić information content (AvgIpc) is 2.57. The summed E-state index contributed by atoms with van der Waals surface area (Å²) in [4.78, 5) is 17.6. The zero-order valence-corrected chi connectivity index (χ0v) is 13.8. The Kier molecular flexibility index (Phi) is 5.62. The quantitative estimate of drug-likeness (QED) is 0.780. The van der Waals surface area contributed by atoms with E-state index < -0.39 is 0 Å². The van der Waals surface area contributed by atoms with E-state index in [4.69, 9.17) is 0 Å². The fourth-order valence-corrected chi connectivity index (χ4v) is 3.42. The fourth-order valence-electron chi connectivity index (χ4n) is 3.42. The molecule has 3 nitrogen and oxygen atoms in total. The van der Waals surface area contributed by atoms with Crippen molar-refractivity contribution in [3.63, 3.8) is 0 Å². The molecule has 23 heavy (non-hydrogen) atoms. The normalized spacial score (nSPS) is 16.9. The van der Waals surface area contributed by atoms with Gasteiger partial charge in [0.15, 0.2) is 0 Å². The van der Waals surface area contributed by atoms with Gasteiger partial charge in [0, 0.05) is 5.56 Å². The Balaban J connectivity index is 1.92. The molecule has 3 heteroatoms. The maximum absolute atomic E-state index is 13.0. The van der Waals surface area contributed by atoms with Gasteiger partial charge in [-0.1, -0.05) is 56.7 Å². The second-order valence-electron chi connectivity index (χ2n) is 6.51. The van der Waals surface area contributed by atoms with Crippen molar-refractivity contribution in [1.82, 2.24) is 9.55 Å². The lowest BCUT2D eigenvalue weighted by molar-refractivity contribution is 0.554. The van der Waals surface area contributed by atoms with Gasteiger partial charge in [-0.3, -0.25) is 9.36 Å². The standard InChI is InChI=1S/C20H26N2O/c23-20-18-14-10-5-3-1-2-4-6-11-15-19(18)21-16-22(20)17-12-8-7-9-13-17/h7-9,12-13,16H,1-6,10-11,14-15H2. The van der Waals surface area contributed by atoms with E-state index in [1.54, 1.807) is 10.9 Å². The van der Waals surface area contributed by atoms with Crippen molar-refractivity contribution in [1.29, 1.82) is 0 Å². The third kappa shape index (κ3) is 4.10. The van der Waals surface area contributed by atoms with Crippen molar-refractivity contribution in [2.45, 2.75) is 64.2 Å². The highest BCUT2D eigenvalue weighted by Gasteiger charge is 2.13. The summed E-state index contributed by atoms with van der Waals surface area (Å²) in [6, 6.07) is 9.81. The first-order valence-electron chi connectivity index (χ1n) is 9.01. The Labute approximate surface area is 138 Å². The molecule has 0 saturated heterocycles. The van der Waals surface area contributed by atoms with Crippen LogP contribution in [0.1, 0.15) is 62.6 Å². The maximum Gasteiger partial charge on any atom is 0.261 e. The van der Waals surface area contributed by atoms with Gasteiger partial charge in [0.2, 0.25) is 0 Å². The molecule has 2 aromatic rings. The molecule has 3 rings (SSSR count). The number of rotatable bonds is 1. The number of para-hydroxylation sites is 1. The summed E-state index contributed by atoms with van der Waals surface area (Å²) in [5, 5.41) is 0. The highest BCUT2D eigenvalue weighted by molar-refractivity contribution is 5.33. The number of nitrogens with zero attached hydrogens (tertiary/aromatic N) is 2. The number of benzene rings is 1. The molecule has 0 unspecified atom stereocenters. The Hall–Kier alpha value is -1.90. The summed E-state index contributed by atoms with van der Waals surface area (Å²) in [5.41, 5.74) is 3.00. The molecule has 0 atom stereocenters. The molecule has 1 aliphatic carbocycles. The first kappa shape index (κ1) is 16.0. The molecule has 1 aliphatic rings. The van der Waals surface area contributed by atoms with Crippen molar-refractivity contribution < 1.29 is 0 Å². The molecule has 0 N–H and O–H groups in total. The SMILES string of the molecule is O=c1c2c(ncn1-c1ccccc1)CCCCCCCCCC2. The van der Waals surface area contributed by atoms with Crippen LogP contribution in [0.25, 0.3) is 5.69 Å². The highest BCUT2D eigenvalue weighted by Crippen LogP contribution is 2.16. The predicted octanol–water partition coefficient (Wildman–Crippen LogP) is 4.45. The zero-order chi connectivity index (χ0) is 15.9. The topological polar surface area (TPSA) is 34.9 Å². The summed E-state index contributed by atoms with van der Waals surface area (Å²) >= 11 is 0. The van der Waals surface area contributed by atoms with Crippen LogP contribution in [-0.2, 0) is 12.8 Å². The number of hydrogen-bond donors (Lipinski definition) is 0. The Morgan fingerprint density at radius 2 is 1.39 bits per heavy atom. The van der Waals surface area contributed by atoms with Crippen molar-refractivity contribution in [2.24, 2.45) is 0 Å². The first-order valence-corrected chi connectivity index (χ1v) is 9.01.